The van der Waals surface area contributed by atoms with Crippen LogP contribution >= 0.6 is 40.1 Å². The fourth-order valence-corrected chi connectivity index (χ4v) is 35.6. The molecule has 0 aromatic heterocycles. The molecule has 4 aliphatic rings. The van der Waals surface area contributed by atoms with Crippen LogP contribution in [0.1, 0.15) is 34.0 Å². The number of fused-ring (bicyclic) bond motifs is 6. The van der Waals surface area contributed by atoms with Crippen LogP contribution in [0.25, 0.3) is 0 Å². The zero-order valence-electron chi connectivity index (χ0n) is 22.0. The number of hydrogen-bond donors (Lipinski definition) is 3. The van der Waals surface area contributed by atoms with E-state index in [0.717, 1.165) is 48.4 Å². The number of carbonyl (C=O) groups is 2. The van der Waals surface area contributed by atoms with Crippen LogP contribution in [0.4, 0.5) is 0 Å². The minimum absolute atomic E-state index is 0.112. The van der Waals surface area contributed by atoms with E-state index in [-0.39, 0.29) is 29.9 Å². The second kappa shape index (κ2) is 11.2. The number of aromatic hydroxyl groups is 2. The first-order valence-corrected chi connectivity index (χ1v) is 28.0. The Hall–Kier alpha value is -1.48. The molecule has 0 atom stereocenters. The van der Waals surface area contributed by atoms with Gasteiger partial charge < -0.3 is 0 Å². The van der Waals surface area contributed by atoms with Gasteiger partial charge in [-0.05, 0) is 0 Å². The molecular weight excluding hydrogens is 722 g/mol. The van der Waals surface area contributed by atoms with Gasteiger partial charge in [0.1, 0.15) is 0 Å². The van der Waals surface area contributed by atoms with Crippen LogP contribution in [-0.4, -0.2) is 87.7 Å². The summed E-state index contributed by atoms with van der Waals surface area (Å²) < 4.78 is 8.69. The van der Waals surface area contributed by atoms with Crippen LogP contribution in [0, 0.1) is 0 Å². The van der Waals surface area contributed by atoms with E-state index in [9.17, 15) is 19.8 Å². The Labute approximate surface area is 260 Å². The number of rotatable bonds is 5. The number of ether oxygens (including phenoxy) is 1. The van der Waals surface area contributed by atoms with E-state index in [1.54, 1.807) is 12.1 Å². The number of amides is 2. The van der Waals surface area contributed by atoms with Gasteiger partial charge in [0.05, 0.1) is 0 Å². The summed E-state index contributed by atoms with van der Waals surface area (Å²) in [5, 5.41) is 25.5. The molecule has 2 amide bonds. The molecule has 41 heavy (non-hydrogen) atoms. The molecule has 7 nitrogen and oxygen atoms in total. The standard InChI is InChI=1S/C28H26As2N2O5S4/c1-16(33)31-10-11-32-27(36)17-4-2-3-5-18(17)28(32)19-6-8-21(34)23(29-38-12-13-39-29)25(19)37-26-20(28)7-9-22(35)24(26)30-40-14-15-41-30/h2-9,34-35H,10-15H2,1H3,(H,31,33). The molecule has 0 saturated carbocycles. The third-order valence-corrected chi connectivity index (χ3v) is 34.7. The maximum absolute atomic E-state index is 14.3. The van der Waals surface area contributed by atoms with E-state index in [0.29, 0.717) is 23.6 Å². The predicted octanol–water partition coefficient (Wildman–Crippen LogP) is 3.44. The van der Waals surface area contributed by atoms with E-state index >= 15 is 0 Å². The normalized spacial score (nSPS) is 19.2. The van der Waals surface area contributed by atoms with Crippen LogP contribution in [0.5, 0.6) is 23.0 Å². The molecule has 2 saturated heterocycles. The van der Waals surface area contributed by atoms with Gasteiger partial charge in [-0.3, -0.25) is 0 Å². The number of carbonyl (C=O) groups excluding carboxylic acids is 2. The first kappa shape index (κ1) is 28.3. The summed E-state index contributed by atoms with van der Waals surface area (Å²) in [6.07, 6.45) is 0. The predicted molar refractivity (Wildman–Crippen MR) is 173 cm³/mol. The summed E-state index contributed by atoms with van der Waals surface area (Å²) in [5.74, 6) is 5.60. The van der Waals surface area contributed by atoms with Crippen molar-refractivity contribution in [1.82, 2.24) is 10.2 Å². The first-order valence-electron chi connectivity index (χ1n) is 13.1. The molecule has 3 aromatic rings. The van der Waals surface area contributed by atoms with Crippen LogP contribution in [0.3, 0.4) is 0 Å². The van der Waals surface area contributed by atoms with Crippen LogP contribution in [-0.2, 0) is 10.3 Å². The third-order valence-electron chi connectivity index (χ3n) is 7.48. The van der Waals surface area contributed by atoms with Crippen molar-refractivity contribution < 1.29 is 24.5 Å². The number of hydrogen-bond acceptors (Lipinski definition) is 9. The zero-order valence-corrected chi connectivity index (χ0v) is 29.0. The number of nitrogens with zero attached hydrogens (tertiary/aromatic N) is 1. The van der Waals surface area contributed by atoms with Gasteiger partial charge in [0.15, 0.2) is 0 Å². The van der Waals surface area contributed by atoms with E-state index in [2.05, 4.69) is 5.32 Å². The Balaban J connectivity index is 1.56. The van der Waals surface area contributed by atoms with Crippen molar-refractivity contribution >= 4 is 85.3 Å². The molecule has 3 aromatic carbocycles. The van der Waals surface area contributed by atoms with Gasteiger partial charge in [0.2, 0.25) is 0 Å². The summed E-state index contributed by atoms with van der Waals surface area (Å²) in [7, 11) is 7.69. The van der Waals surface area contributed by atoms with Gasteiger partial charge in [0.25, 0.3) is 0 Å². The summed E-state index contributed by atoms with van der Waals surface area (Å²) >= 11 is -3.55. The molecular formula is C28H26As2N2O5S4. The van der Waals surface area contributed by atoms with Crippen molar-refractivity contribution in [2.45, 2.75) is 12.5 Å². The minimum atomic E-state index is -1.78. The second-order valence-corrected chi connectivity index (χ2v) is 33.0. The Bertz CT molecular complexity index is 1510. The van der Waals surface area contributed by atoms with Gasteiger partial charge in [-0.2, -0.15) is 0 Å². The van der Waals surface area contributed by atoms with Crippen LogP contribution in [0.2, 0.25) is 0 Å². The molecule has 212 valence electrons. The Morgan fingerprint density at radius 2 is 1.41 bits per heavy atom. The molecule has 0 bridgehead atoms. The fourth-order valence-electron chi connectivity index (χ4n) is 5.93. The van der Waals surface area contributed by atoms with Gasteiger partial charge in [-0.15, -0.1) is 0 Å². The Morgan fingerprint density at radius 3 is 1.95 bits per heavy atom. The van der Waals surface area contributed by atoms with Crippen molar-refractivity contribution in [3.63, 3.8) is 0 Å². The van der Waals surface area contributed by atoms with Gasteiger partial charge >= 0.3 is 262 Å². The van der Waals surface area contributed by atoms with Crippen molar-refractivity contribution in [3.8, 4) is 23.0 Å². The average Bonchev–Trinajstić information content (AvgIpc) is 3.72. The Kier molecular flexibility index (Phi) is 7.74. The SMILES string of the molecule is CC(=O)NCCN1C(=O)c2ccccc2C12c1ccc(O)c([As]3SCCS3)c1Oc1c2ccc(O)c1[As]1SCCS1. The van der Waals surface area contributed by atoms with Crippen molar-refractivity contribution in [1.29, 1.82) is 0 Å². The molecule has 7 rings (SSSR count). The summed E-state index contributed by atoms with van der Waals surface area (Å²) in [4.78, 5) is 28.0. The van der Waals surface area contributed by atoms with E-state index < -0.39 is 30.2 Å². The van der Waals surface area contributed by atoms with Crippen molar-refractivity contribution in [3.05, 3.63) is 70.8 Å². The molecule has 0 aliphatic carbocycles. The van der Waals surface area contributed by atoms with Gasteiger partial charge in [0, 0.05) is 0 Å². The monoisotopic (exact) mass is 748 g/mol. The average molecular weight is 749 g/mol. The molecule has 0 unspecified atom stereocenters. The van der Waals surface area contributed by atoms with E-state index in [1.165, 1.54) is 6.92 Å². The second-order valence-electron chi connectivity index (χ2n) is 9.76. The molecule has 4 heterocycles. The number of nitrogens with one attached hydrogen (secondary N) is 1. The molecule has 13 heteroatoms. The first-order chi connectivity index (χ1) is 19.9. The zero-order chi connectivity index (χ0) is 28.3. The van der Waals surface area contributed by atoms with Crippen LogP contribution in [0.15, 0.2) is 48.5 Å². The third kappa shape index (κ3) is 4.44. The van der Waals surface area contributed by atoms with E-state index in [4.69, 9.17) is 4.74 Å². The quantitative estimate of drug-likeness (QED) is 0.340. The molecule has 0 radical (unpaired) electrons. The van der Waals surface area contributed by atoms with Crippen molar-refractivity contribution in [2.75, 3.05) is 36.1 Å². The molecule has 2 fully saturated rings. The van der Waals surface area contributed by atoms with Gasteiger partial charge in [-0.1, -0.05) is 0 Å². The summed E-state index contributed by atoms with van der Waals surface area (Å²) in [6.45, 7) is 2.06. The number of phenolic OH excluding ortho intramolecular Hbond substituents is 2. The molecule has 3 N–H and O–H groups in total. The van der Waals surface area contributed by atoms with Crippen molar-refractivity contribution in [2.24, 2.45) is 0 Å². The Morgan fingerprint density at radius 1 is 0.878 bits per heavy atom. The summed E-state index contributed by atoms with van der Waals surface area (Å²) in [5.41, 5.74) is 2.09. The number of benzene rings is 3. The molecule has 1 spiro atoms. The van der Waals surface area contributed by atoms with Gasteiger partial charge in [-0.25, -0.2) is 0 Å². The summed E-state index contributed by atoms with van der Waals surface area (Å²) in [6, 6.07) is 15.0. The molecule has 4 aliphatic heterocycles. The maximum atomic E-state index is 14.3. The van der Waals surface area contributed by atoms with Crippen LogP contribution < -0.4 is 18.8 Å². The fraction of sp³-hybridized carbons (Fsp3) is 0.286. The topological polar surface area (TPSA) is 99.1 Å². The van der Waals surface area contributed by atoms with E-state index in [1.807, 2.05) is 81.4 Å². The number of phenols is 2.